The zero-order valence-corrected chi connectivity index (χ0v) is 21.4. The molecule has 2 atom stereocenters. The van der Waals surface area contributed by atoms with Gasteiger partial charge in [0, 0.05) is 50.5 Å². The highest BCUT2D eigenvalue weighted by atomic mass is 19.1. The number of nitrogens with zero attached hydrogens (tertiary/aromatic N) is 3. The number of ether oxygens (including phenoxy) is 1. The van der Waals surface area contributed by atoms with E-state index >= 15 is 0 Å². The molecule has 0 aromatic heterocycles. The Bertz CT molecular complexity index is 1270. The topological polar surface area (TPSA) is 103 Å². The molecule has 2 heterocycles. The highest BCUT2D eigenvalue weighted by Gasteiger charge is 2.53. The van der Waals surface area contributed by atoms with E-state index in [9.17, 15) is 28.4 Å². The molecular formula is C29H30F2N4O4. The molecule has 39 heavy (non-hydrogen) atoms. The summed E-state index contributed by atoms with van der Waals surface area (Å²) in [4.78, 5) is 42.1. The molecule has 5 rings (SSSR count). The third-order valence-corrected chi connectivity index (χ3v) is 8.09. The number of benzene rings is 2. The number of carbonyl (C=O) groups excluding carboxylic acids is 3. The van der Waals surface area contributed by atoms with Crippen molar-refractivity contribution >= 4 is 17.9 Å². The summed E-state index contributed by atoms with van der Waals surface area (Å²) in [6.45, 7) is 1.98. The van der Waals surface area contributed by atoms with Gasteiger partial charge in [-0.15, -0.1) is 0 Å². The summed E-state index contributed by atoms with van der Waals surface area (Å²) < 4.78 is 31.9. The molecular weight excluding hydrogens is 506 g/mol. The van der Waals surface area contributed by atoms with E-state index < -0.39 is 17.3 Å². The minimum atomic E-state index is -0.855. The van der Waals surface area contributed by atoms with Crippen LogP contribution in [0.1, 0.15) is 37.2 Å². The lowest BCUT2D eigenvalue weighted by Crippen LogP contribution is -2.46. The van der Waals surface area contributed by atoms with E-state index in [2.05, 4.69) is 11.4 Å². The zero-order valence-electron chi connectivity index (χ0n) is 21.4. The third-order valence-electron chi connectivity index (χ3n) is 8.09. The van der Waals surface area contributed by atoms with Crippen molar-refractivity contribution in [2.75, 3.05) is 32.7 Å². The van der Waals surface area contributed by atoms with Crippen LogP contribution in [0, 0.1) is 40.2 Å². The lowest BCUT2D eigenvalue weighted by Gasteiger charge is -2.34. The maximum atomic E-state index is 13.6. The molecule has 2 aromatic carbocycles. The van der Waals surface area contributed by atoms with Crippen LogP contribution in [0.5, 0.6) is 5.75 Å². The quantitative estimate of drug-likeness (QED) is 0.605. The summed E-state index contributed by atoms with van der Waals surface area (Å²) >= 11 is 0. The first-order valence-electron chi connectivity index (χ1n) is 13.2. The molecule has 2 aliphatic heterocycles. The first kappa shape index (κ1) is 26.6. The second-order valence-electron chi connectivity index (χ2n) is 10.6. The Morgan fingerprint density at radius 1 is 0.949 bits per heavy atom. The monoisotopic (exact) mass is 536 g/mol. The van der Waals surface area contributed by atoms with E-state index in [0.29, 0.717) is 51.9 Å². The summed E-state index contributed by atoms with van der Waals surface area (Å²) in [7, 11) is 0. The number of carbonyl (C=O) groups is 3. The first-order chi connectivity index (χ1) is 18.8. The number of likely N-dealkylation sites (tertiary alicyclic amines) is 2. The van der Waals surface area contributed by atoms with Gasteiger partial charge >= 0.3 is 6.09 Å². The SMILES string of the molecule is N#CC1(C(=O)N2CCC(C(=O)N3C[C@H](CNC(=O)Oc4ccc(F)cc4)[C@H](c4ccc(F)cc4)C3)CC2)CC1. The number of nitrogens with one attached hydrogen (secondary N) is 1. The van der Waals surface area contributed by atoms with E-state index in [0.717, 1.165) is 5.56 Å². The normalized spacial score (nSPS) is 22.2. The number of rotatable bonds is 6. The van der Waals surface area contributed by atoms with Crippen LogP contribution in [-0.2, 0) is 9.59 Å². The van der Waals surface area contributed by atoms with Gasteiger partial charge in [0.1, 0.15) is 22.8 Å². The lowest BCUT2D eigenvalue weighted by molar-refractivity contribution is -0.141. The zero-order chi connectivity index (χ0) is 27.6. The van der Waals surface area contributed by atoms with E-state index in [1.165, 1.54) is 36.4 Å². The molecule has 8 nitrogen and oxygen atoms in total. The largest absolute Gasteiger partial charge is 0.412 e. The van der Waals surface area contributed by atoms with Crippen LogP contribution in [-0.4, -0.2) is 60.4 Å². The second kappa shape index (κ2) is 11.0. The standard InChI is InChI=1S/C29H30F2N4O4/c30-22-3-1-19(2-4-22)25-17-35(16-21(25)15-33-28(38)39-24-7-5-23(31)6-8-24)26(36)20-9-13-34(14-10-20)27(37)29(18-32)11-12-29/h1-8,20-21,25H,9-17H2,(H,33,38)/t21-,25-/m0/s1. The number of amides is 3. The minimum Gasteiger partial charge on any atom is -0.410 e. The van der Waals surface area contributed by atoms with Gasteiger partial charge in [-0.05, 0) is 67.6 Å². The molecule has 3 aliphatic rings. The molecule has 1 saturated carbocycles. The number of hydrogen-bond donors (Lipinski definition) is 1. The Morgan fingerprint density at radius 3 is 2.15 bits per heavy atom. The van der Waals surface area contributed by atoms with Crippen LogP contribution >= 0.6 is 0 Å². The molecule has 2 saturated heterocycles. The van der Waals surface area contributed by atoms with Gasteiger partial charge in [-0.3, -0.25) is 9.59 Å². The Hall–Kier alpha value is -4.00. The van der Waals surface area contributed by atoms with Gasteiger partial charge in [0.15, 0.2) is 0 Å². The van der Waals surface area contributed by atoms with Crippen LogP contribution in [0.25, 0.3) is 0 Å². The van der Waals surface area contributed by atoms with Gasteiger partial charge in [-0.2, -0.15) is 5.26 Å². The van der Waals surface area contributed by atoms with Gasteiger partial charge in [0.05, 0.1) is 6.07 Å². The number of halogens is 2. The molecule has 1 N–H and O–H groups in total. The average Bonchev–Trinajstić information content (AvgIpc) is 3.65. The van der Waals surface area contributed by atoms with Crippen LogP contribution in [0.4, 0.5) is 13.6 Å². The first-order valence-corrected chi connectivity index (χ1v) is 13.2. The maximum absolute atomic E-state index is 13.6. The third kappa shape index (κ3) is 5.87. The smallest absolute Gasteiger partial charge is 0.410 e. The van der Waals surface area contributed by atoms with Gasteiger partial charge in [-0.25, -0.2) is 13.6 Å². The Labute approximate surface area is 225 Å². The molecule has 0 radical (unpaired) electrons. The summed E-state index contributed by atoms with van der Waals surface area (Å²) in [6.07, 6.45) is 1.60. The molecule has 204 valence electrons. The molecule has 2 aromatic rings. The second-order valence-corrected chi connectivity index (χ2v) is 10.6. The predicted octanol–water partition coefficient (Wildman–Crippen LogP) is 3.84. The average molecular weight is 537 g/mol. The fourth-order valence-corrected chi connectivity index (χ4v) is 5.59. The van der Waals surface area contributed by atoms with E-state index in [1.807, 2.05) is 0 Å². The fraction of sp³-hybridized carbons (Fsp3) is 0.448. The van der Waals surface area contributed by atoms with Crippen LogP contribution in [0.3, 0.4) is 0 Å². The highest BCUT2D eigenvalue weighted by molar-refractivity contribution is 5.88. The van der Waals surface area contributed by atoms with Crippen molar-refractivity contribution in [2.24, 2.45) is 17.3 Å². The van der Waals surface area contributed by atoms with Crippen molar-refractivity contribution in [3.05, 3.63) is 65.7 Å². The van der Waals surface area contributed by atoms with Crippen molar-refractivity contribution in [3.63, 3.8) is 0 Å². The lowest BCUT2D eigenvalue weighted by atomic mass is 9.89. The molecule has 10 heteroatoms. The van der Waals surface area contributed by atoms with Crippen molar-refractivity contribution in [3.8, 4) is 11.8 Å². The van der Waals surface area contributed by atoms with E-state index in [1.54, 1.807) is 21.9 Å². The minimum absolute atomic E-state index is 0.00650. The summed E-state index contributed by atoms with van der Waals surface area (Å²) in [5.74, 6) is -1.17. The van der Waals surface area contributed by atoms with Gasteiger partial charge in [0.2, 0.25) is 11.8 Å². The van der Waals surface area contributed by atoms with Crippen molar-refractivity contribution in [1.82, 2.24) is 15.1 Å². The Kier molecular flexibility index (Phi) is 7.51. The summed E-state index contributed by atoms with van der Waals surface area (Å²) in [5, 5.41) is 12.1. The Balaban J connectivity index is 1.20. The van der Waals surface area contributed by atoms with Crippen LogP contribution in [0.2, 0.25) is 0 Å². The van der Waals surface area contributed by atoms with Gasteiger partial charge in [0.25, 0.3) is 0 Å². The van der Waals surface area contributed by atoms with Crippen molar-refractivity contribution in [2.45, 2.75) is 31.6 Å². The van der Waals surface area contributed by atoms with Gasteiger partial charge < -0.3 is 19.9 Å². The number of piperidine rings is 1. The predicted molar refractivity (Wildman–Crippen MR) is 136 cm³/mol. The van der Waals surface area contributed by atoms with Crippen LogP contribution < -0.4 is 10.1 Å². The van der Waals surface area contributed by atoms with Crippen molar-refractivity contribution in [1.29, 1.82) is 5.26 Å². The summed E-state index contributed by atoms with van der Waals surface area (Å²) in [5.41, 5.74) is 0.0174. The maximum Gasteiger partial charge on any atom is 0.412 e. The number of nitriles is 1. The molecule has 0 spiro atoms. The molecule has 0 unspecified atom stereocenters. The number of hydrogen-bond acceptors (Lipinski definition) is 5. The van der Waals surface area contributed by atoms with Crippen LogP contribution in [0.15, 0.2) is 48.5 Å². The van der Waals surface area contributed by atoms with Crippen molar-refractivity contribution < 1.29 is 27.9 Å². The molecule has 0 bridgehead atoms. The Morgan fingerprint density at radius 2 is 1.56 bits per heavy atom. The molecule has 3 fully saturated rings. The van der Waals surface area contributed by atoms with Gasteiger partial charge in [-0.1, -0.05) is 12.1 Å². The highest BCUT2D eigenvalue weighted by Crippen LogP contribution is 2.47. The summed E-state index contributed by atoms with van der Waals surface area (Å²) in [6, 6.07) is 13.4. The van der Waals surface area contributed by atoms with E-state index in [-0.39, 0.29) is 47.7 Å². The molecule has 1 aliphatic carbocycles. The van der Waals surface area contributed by atoms with E-state index in [4.69, 9.17) is 4.74 Å². The fourth-order valence-electron chi connectivity index (χ4n) is 5.59. The molecule has 3 amide bonds.